The Balaban J connectivity index is 4.08. The van der Waals surface area contributed by atoms with Crippen molar-refractivity contribution in [3.05, 3.63) is 6.92 Å². The lowest BCUT2D eigenvalue weighted by Crippen LogP contribution is -2.42. The highest BCUT2D eigenvalue weighted by atomic mass is 16.6. The lowest BCUT2D eigenvalue weighted by atomic mass is 10.0. The maximum atomic E-state index is 5.76. The molecule has 0 spiro atoms. The van der Waals surface area contributed by atoms with E-state index in [1.54, 1.807) is 21.3 Å². The van der Waals surface area contributed by atoms with Gasteiger partial charge in [-0.05, 0) is 6.42 Å². The summed E-state index contributed by atoms with van der Waals surface area (Å²) in [5.41, 5.74) is 5.12. The highest BCUT2D eigenvalue weighted by Gasteiger charge is 2.29. The molecule has 0 aliphatic carbocycles. The number of ether oxygens (including phenoxy) is 4. The zero-order valence-electron chi connectivity index (χ0n) is 10.5. The van der Waals surface area contributed by atoms with Gasteiger partial charge in [-0.15, -0.1) is 0 Å². The van der Waals surface area contributed by atoms with Gasteiger partial charge in [0.1, 0.15) is 11.8 Å². The van der Waals surface area contributed by atoms with Crippen LogP contribution in [0.4, 0.5) is 0 Å². The summed E-state index contributed by atoms with van der Waals surface area (Å²) in [5, 5.41) is 0. The van der Waals surface area contributed by atoms with Crippen molar-refractivity contribution in [1.29, 1.82) is 0 Å². The fourth-order valence-electron chi connectivity index (χ4n) is 1.38. The minimum absolute atomic E-state index is 0.299. The van der Waals surface area contributed by atoms with Crippen LogP contribution in [0.25, 0.3) is 0 Å². The molecular formula is C11H24NO4. The average Bonchev–Trinajstić information content (AvgIpc) is 2.29. The summed E-state index contributed by atoms with van der Waals surface area (Å²) in [7, 11) is 4.83. The van der Waals surface area contributed by atoms with Crippen LogP contribution in [0.3, 0.4) is 0 Å². The largest absolute Gasteiger partial charge is 0.382 e. The first-order valence-corrected chi connectivity index (χ1v) is 5.33. The Morgan fingerprint density at radius 3 is 2.12 bits per heavy atom. The molecule has 0 amide bonds. The van der Waals surface area contributed by atoms with Gasteiger partial charge < -0.3 is 24.7 Å². The third kappa shape index (κ3) is 5.77. The Labute approximate surface area is 98.2 Å². The minimum atomic E-state index is -0.489. The topological polar surface area (TPSA) is 62.9 Å². The Morgan fingerprint density at radius 1 is 1.19 bits per heavy atom. The first-order chi connectivity index (χ1) is 7.64. The van der Waals surface area contributed by atoms with E-state index in [0.717, 1.165) is 0 Å². The third-order valence-electron chi connectivity index (χ3n) is 2.38. The molecule has 0 aromatic rings. The van der Waals surface area contributed by atoms with Gasteiger partial charge in [-0.1, -0.05) is 6.92 Å². The van der Waals surface area contributed by atoms with Crippen molar-refractivity contribution < 1.29 is 18.9 Å². The van der Waals surface area contributed by atoms with Crippen LogP contribution in [0.2, 0.25) is 0 Å². The first-order valence-electron chi connectivity index (χ1n) is 5.33. The average molecular weight is 234 g/mol. The molecule has 16 heavy (non-hydrogen) atoms. The van der Waals surface area contributed by atoms with E-state index in [4.69, 9.17) is 24.7 Å². The number of rotatable bonds is 10. The van der Waals surface area contributed by atoms with Gasteiger partial charge in [-0.25, -0.2) is 0 Å². The van der Waals surface area contributed by atoms with Gasteiger partial charge in [0.05, 0.1) is 19.8 Å². The number of nitrogens with two attached hydrogens (primary N) is 1. The molecule has 2 N–H and O–H groups in total. The van der Waals surface area contributed by atoms with E-state index in [1.165, 1.54) is 0 Å². The SMILES string of the molecule is [CH2]CC(COC)(COC)OCCC(N)OC. The highest BCUT2D eigenvalue weighted by molar-refractivity contribution is 4.81. The lowest BCUT2D eigenvalue weighted by molar-refractivity contribution is -0.127. The fourth-order valence-corrected chi connectivity index (χ4v) is 1.38. The Kier molecular flexibility index (Phi) is 8.78. The zero-order valence-corrected chi connectivity index (χ0v) is 10.5. The molecular weight excluding hydrogens is 210 g/mol. The molecule has 0 aromatic heterocycles. The lowest BCUT2D eigenvalue weighted by Gasteiger charge is -2.31. The van der Waals surface area contributed by atoms with E-state index in [-0.39, 0.29) is 6.23 Å². The maximum absolute atomic E-state index is 5.76. The predicted octanol–water partition coefficient (Wildman–Crippen LogP) is 0.580. The molecule has 0 fully saturated rings. The molecule has 0 saturated carbocycles. The van der Waals surface area contributed by atoms with E-state index < -0.39 is 5.60 Å². The molecule has 1 atom stereocenters. The van der Waals surface area contributed by atoms with E-state index in [9.17, 15) is 0 Å². The molecule has 0 aliphatic rings. The molecule has 5 heteroatoms. The quantitative estimate of drug-likeness (QED) is 0.560. The standard InChI is InChI=1S/C11H24NO4/c1-5-11(8-13-2,9-14-3)16-7-6-10(12)15-4/h10H,1,5-9,12H2,2-4H3. The summed E-state index contributed by atoms with van der Waals surface area (Å²) in [4.78, 5) is 0. The normalized spacial score (nSPS) is 14.1. The minimum Gasteiger partial charge on any atom is -0.382 e. The van der Waals surface area contributed by atoms with Crippen molar-refractivity contribution in [2.24, 2.45) is 5.73 Å². The van der Waals surface area contributed by atoms with Gasteiger partial charge in [0.25, 0.3) is 0 Å². The summed E-state index contributed by atoms with van der Waals surface area (Å²) in [6.45, 7) is 5.27. The van der Waals surface area contributed by atoms with Crippen molar-refractivity contribution in [3.63, 3.8) is 0 Å². The molecule has 1 radical (unpaired) electrons. The summed E-state index contributed by atoms with van der Waals surface area (Å²) in [6, 6.07) is 0. The van der Waals surface area contributed by atoms with Gasteiger partial charge in [0.2, 0.25) is 0 Å². The maximum Gasteiger partial charge on any atom is 0.115 e. The van der Waals surface area contributed by atoms with Crippen molar-refractivity contribution in [1.82, 2.24) is 0 Å². The number of methoxy groups -OCH3 is 3. The van der Waals surface area contributed by atoms with Crippen LogP contribution >= 0.6 is 0 Å². The molecule has 0 rings (SSSR count). The van der Waals surface area contributed by atoms with Gasteiger partial charge in [0, 0.05) is 27.8 Å². The van der Waals surface area contributed by atoms with E-state index in [1.807, 2.05) is 0 Å². The van der Waals surface area contributed by atoms with Crippen molar-refractivity contribution in [3.8, 4) is 0 Å². The van der Waals surface area contributed by atoms with Gasteiger partial charge in [-0.2, -0.15) is 0 Å². The van der Waals surface area contributed by atoms with Gasteiger partial charge in [-0.3, -0.25) is 0 Å². The van der Waals surface area contributed by atoms with Crippen LogP contribution in [0.15, 0.2) is 0 Å². The summed E-state index contributed by atoms with van der Waals surface area (Å²) in [5.74, 6) is 0. The van der Waals surface area contributed by atoms with Crippen molar-refractivity contribution in [2.75, 3.05) is 41.2 Å². The fraction of sp³-hybridized carbons (Fsp3) is 0.909. The summed E-state index contributed by atoms with van der Waals surface area (Å²) in [6.07, 6.45) is 0.912. The highest BCUT2D eigenvalue weighted by Crippen LogP contribution is 2.17. The predicted molar refractivity (Wildman–Crippen MR) is 62.0 cm³/mol. The van der Waals surface area contributed by atoms with Crippen LogP contribution < -0.4 is 5.73 Å². The Hall–Kier alpha value is -0.200. The molecule has 0 aromatic carbocycles. The molecule has 0 saturated heterocycles. The Morgan fingerprint density at radius 2 is 1.75 bits per heavy atom. The van der Waals surface area contributed by atoms with Crippen LogP contribution in [-0.2, 0) is 18.9 Å². The van der Waals surface area contributed by atoms with Crippen LogP contribution in [0, 0.1) is 6.92 Å². The van der Waals surface area contributed by atoms with Crippen LogP contribution in [0.1, 0.15) is 12.8 Å². The first kappa shape index (κ1) is 15.8. The van der Waals surface area contributed by atoms with Crippen molar-refractivity contribution in [2.45, 2.75) is 24.7 Å². The second-order valence-electron chi connectivity index (χ2n) is 3.71. The van der Waals surface area contributed by atoms with Gasteiger partial charge in [0.15, 0.2) is 0 Å². The van der Waals surface area contributed by atoms with E-state index >= 15 is 0 Å². The molecule has 0 heterocycles. The number of hydrogen-bond donors (Lipinski definition) is 1. The van der Waals surface area contributed by atoms with E-state index in [0.29, 0.717) is 32.7 Å². The van der Waals surface area contributed by atoms with Crippen LogP contribution in [-0.4, -0.2) is 53.0 Å². The van der Waals surface area contributed by atoms with Crippen molar-refractivity contribution >= 4 is 0 Å². The van der Waals surface area contributed by atoms with Gasteiger partial charge >= 0.3 is 0 Å². The third-order valence-corrected chi connectivity index (χ3v) is 2.38. The molecule has 97 valence electrons. The molecule has 1 unspecified atom stereocenters. The monoisotopic (exact) mass is 234 g/mol. The zero-order chi connectivity index (χ0) is 12.4. The molecule has 5 nitrogen and oxygen atoms in total. The second-order valence-corrected chi connectivity index (χ2v) is 3.71. The summed E-state index contributed by atoms with van der Waals surface area (Å²) < 4.78 is 21.0. The molecule has 0 bridgehead atoms. The van der Waals surface area contributed by atoms with E-state index in [2.05, 4.69) is 6.92 Å². The number of hydrogen-bond acceptors (Lipinski definition) is 5. The van der Waals surface area contributed by atoms with Crippen LogP contribution in [0.5, 0.6) is 0 Å². The second kappa shape index (κ2) is 8.90. The summed E-state index contributed by atoms with van der Waals surface area (Å²) >= 11 is 0. The molecule has 0 aliphatic heterocycles. The smallest absolute Gasteiger partial charge is 0.115 e. The Bertz CT molecular complexity index is 160.